The van der Waals surface area contributed by atoms with Gasteiger partial charge in [-0.05, 0) is 35.2 Å². The lowest BCUT2D eigenvalue weighted by Gasteiger charge is -2.01. The number of rotatable bonds is 4. The molecule has 0 spiro atoms. The number of nitrogens with one attached hydrogen (secondary N) is 1. The van der Waals surface area contributed by atoms with Crippen LogP contribution >= 0.6 is 22.9 Å². The fourth-order valence-corrected chi connectivity index (χ4v) is 2.13. The molecule has 0 saturated carbocycles. The highest BCUT2D eigenvalue weighted by Gasteiger charge is 2.05. The van der Waals surface area contributed by atoms with E-state index in [1.165, 1.54) is 0 Å². The van der Waals surface area contributed by atoms with Gasteiger partial charge in [0.2, 0.25) is 5.91 Å². The largest absolute Gasteiger partial charge is 0.448 e. The molecule has 2 rings (SSSR count). The summed E-state index contributed by atoms with van der Waals surface area (Å²) in [7, 11) is 0. The van der Waals surface area contributed by atoms with Crippen molar-refractivity contribution in [3.8, 4) is 0 Å². The zero-order chi connectivity index (χ0) is 11.4. The summed E-state index contributed by atoms with van der Waals surface area (Å²) in [5, 5.41) is 5.05. The van der Waals surface area contributed by atoms with Gasteiger partial charge in [-0.15, -0.1) is 11.3 Å². The number of hydrogen-bond acceptors (Lipinski definition) is 3. The van der Waals surface area contributed by atoms with Crippen molar-refractivity contribution in [1.82, 2.24) is 5.32 Å². The molecule has 0 bridgehead atoms. The molecule has 2 aromatic rings. The van der Waals surface area contributed by atoms with Crippen molar-refractivity contribution in [2.75, 3.05) is 0 Å². The van der Waals surface area contributed by atoms with E-state index in [4.69, 9.17) is 16.0 Å². The number of furan rings is 1. The van der Waals surface area contributed by atoms with Gasteiger partial charge in [0.15, 0.2) is 5.22 Å². The first-order valence-corrected chi connectivity index (χ1v) is 6.03. The van der Waals surface area contributed by atoms with Crippen molar-refractivity contribution in [2.24, 2.45) is 0 Å². The van der Waals surface area contributed by atoms with Crippen LogP contribution in [-0.4, -0.2) is 5.91 Å². The summed E-state index contributed by atoms with van der Waals surface area (Å²) >= 11 is 7.18. The Labute approximate surface area is 102 Å². The molecule has 0 aliphatic heterocycles. The number of hydrogen-bond donors (Lipinski definition) is 1. The minimum Gasteiger partial charge on any atom is -0.448 e. The monoisotopic (exact) mass is 255 g/mol. The minimum absolute atomic E-state index is 0.0185. The van der Waals surface area contributed by atoms with E-state index in [2.05, 4.69) is 5.32 Å². The van der Waals surface area contributed by atoms with Gasteiger partial charge in [0, 0.05) is 4.88 Å². The molecule has 0 aromatic carbocycles. The molecule has 0 atom stereocenters. The van der Waals surface area contributed by atoms with E-state index in [-0.39, 0.29) is 5.91 Å². The van der Waals surface area contributed by atoms with Crippen molar-refractivity contribution in [3.63, 3.8) is 0 Å². The second-order valence-electron chi connectivity index (χ2n) is 3.24. The summed E-state index contributed by atoms with van der Waals surface area (Å²) in [5.74, 6) is 0.638. The first-order chi connectivity index (χ1) is 7.74. The summed E-state index contributed by atoms with van der Waals surface area (Å²) < 4.78 is 5.12. The molecule has 0 radical (unpaired) electrons. The topological polar surface area (TPSA) is 42.2 Å². The highest BCUT2D eigenvalue weighted by molar-refractivity contribution is 7.10. The minimum atomic E-state index is -0.0185. The Kier molecular flexibility index (Phi) is 3.64. The second-order valence-corrected chi connectivity index (χ2v) is 4.64. The summed E-state index contributed by atoms with van der Waals surface area (Å²) in [6, 6.07) is 7.27. The predicted molar refractivity (Wildman–Crippen MR) is 63.6 cm³/mol. The SMILES string of the molecule is O=C(Cc1cccs1)NCc1ccc(Cl)o1. The molecule has 0 unspecified atom stereocenters. The maximum atomic E-state index is 11.5. The Balaban J connectivity index is 1.80. The molecule has 2 aromatic heterocycles. The Bertz CT molecular complexity index is 464. The van der Waals surface area contributed by atoms with Crippen LogP contribution in [0.2, 0.25) is 5.22 Å². The first kappa shape index (κ1) is 11.2. The van der Waals surface area contributed by atoms with Crippen LogP contribution in [-0.2, 0) is 17.8 Å². The van der Waals surface area contributed by atoms with E-state index in [1.807, 2.05) is 17.5 Å². The van der Waals surface area contributed by atoms with Crippen LogP contribution in [0, 0.1) is 0 Å². The zero-order valence-corrected chi connectivity index (χ0v) is 9.98. The van der Waals surface area contributed by atoms with E-state index in [1.54, 1.807) is 23.5 Å². The smallest absolute Gasteiger partial charge is 0.225 e. The number of amides is 1. The van der Waals surface area contributed by atoms with Crippen molar-refractivity contribution >= 4 is 28.8 Å². The van der Waals surface area contributed by atoms with Crippen LogP contribution in [0.5, 0.6) is 0 Å². The summed E-state index contributed by atoms with van der Waals surface area (Å²) in [5.41, 5.74) is 0. The average Bonchev–Trinajstić information content (AvgIpc) is 2.87. The van der Waals surface area contributed by atoms with E-state index in [9.17, 15) is 4.79 Å². The van der Waals surface area contributed by atoms with E-state index >= 15 is 0 Å². The molecule has 0 aliphatic rings. The molecule has 1 amide bonds. The van der Waals surface area contributed by atoms with Gasteiger partial charge in [-0.1, -0.05) is 6.07 Å². The third-order valence-electron chi connectivity index (χ3n) is 2.00. The number of thiophene rings is 1. The highest BCUT2D eigenvalue weighted by atomic mass is 35.5. The molecule has 16 heavy (non-hydrogen) atoms. The standard InChI is InChI=1S/C11H10ClNO2S/c12-10-4-3-8(15-10)7-13-11(14)6-9-2-1-5-16-9/h1-5H,6-7H2,(H,13,14). The van der Waals surface area contributed by atoms with Gasteiger partial charge in [0.25, 0.3) is 0 Å². The van der Waals surface area contributed by atoms with Gasteiger partial charge in [-0.3, -0.25) is 4.79 Å². The van der Waals surface area contributed by atoms with Crippen LogP contribution in [0.15, 0.2) is 34.1 Å². The zero-order valence-electron chi connectivity index (χ0n) is 8.40. The van der Waals surface area contributed by atoms with Gasteiger partial charge in [0.1, 0.15) is 5.76 Å². The van der Waals surface area contributed by atoms with Gasteiger partial charge in [-0.2, -0.15) is 0 Å². The maximum Gasteiger partial charge on any atom is 0.225 e. The van der Waals surface area contributed by atoms with E-state index < -0.39 is 0 Å². The fraction of sp³-hybridized carbons (Fsp3) is 0.182. The molecule has 0 fully saturated rings. The van der Waals surface area contributed by atoms with Crippen molar-refractivity contribution in [1.29, 1.82) is 0 Å². The third kappa shape index (κ3) is 3.12. The number of carbonyl (C=O) groups is 1. The lowest BCUT2D eigenvalue weighted by Crippen LogP contribution is -2.23. The van der Waals surface area contributed by atoms with Gasteiger partial charge < -0.3 is 9.73 Å². The molecular weight excluding hydrogens is 246 g/mol. The second kappa shape index (κ2) is 5.18. The van der Waals surface area contributed by atoms with Gasteiger partial charge in [0.05, 0.1) is 13.0 Å². The third-order valence-corrected chi connectivity index (χ3v) is 3.08. The molecule has 0 saturated heterocycles. The Morgan fingerprint density at radius 1 is 1.44 bits per heavy atom. The molecule has 84 valence electrons. The summed E-state index contributed by atoms with van der Waals surface area (Å²) in [4.78, 5) is 12.6. The average molecular weight is 256 g/mol. The number of halogens is 1. The van der Waals surface area contributed by atoms with E-state index in [0.29, 0.717) is 23.9 Å². The van der Waals surface area contributed by atoms with Crippen LogP contribution < -0.4 is 5.32 Å². The Morgan fingerprint density at radius 2 is 2.31 bits per heavy atom. The Hall–Kier alpha value is -1.26. The quantitative estimate of drug-likeness (QED) is 0.913. The molecule has 0 aliphatic carbocycles. The molecule has 2 heterocycles. The predicted octanol–water partition coefficient (Wildman–Crippen LogP) is 2.85. The Morgan fingerprint density at radius 3 is 2.94 bits per heavy atom. The van der Waals surface area contributed by atoms with E-state index in [0.717, 1.165) is 4.88 Å². The van der Waals surface area contributed by atoms with Crippen LogP contribution in [0.4, 0.5) is 0 Å². The molecule has 5 heteroatoms. The lowest BCUT2D eigenvalue weighted by molar-refractivity contribution is -0.120. The normalized spacial score (nSPS) is 10.3. The number of carbonyl (C=O) groups excluding carboxylic acids is 1. The molecule has 3 nitrogen and oxygen atoms in total. The lowest BCUT2D eigenvalue weighted by atomic mass is 10.3. The van der Waals surface area contributed by atoms with Crippen molar-refractivity contribution < 1.29 is 9.21 Å². The van der Waals surface area contributed by atoms with Crippen molar-refractivity contribution in [2.45, 2.75) is 13.0 Å². The van der Waals surface area contributed by atoms with Crippen LogP contribution in [0.25, 0.3) is 0 Å². The maximum absolute atomic E-state index is 11.5. The van der Waals surface area contributed by atoms with Crippen LogP contribution in [0.1, 0.15) is 10.6 Å². The fourth-order valence-electron chi connectivity index (χ4n) is 1.27. The van der Waals surface area contributed by atoms with Gasteiger partial charge >= 0.3 is 0 Å². The molecule has 1 N–H and O–H groups in total. The van der Waals surface area contributed by atoms with Gasteiger partial charge in [-0.25, -0.2) is 0 Å². The first-order valence-electron chi connectivity index (χ1n) is 4.77. The summed E-state index contributed by atoms with van der Waals surface area (Å²) in [6.07, 6.45) is 0.409. The van der Waals surface area contributed by atoms with Crippen LogP contribution in [0.3, 0.4) is 0 Å². The highest BCUT2D eigenvalue weighted by Crippen LogP contribution is 2.13. The summed E-state index contributed by atoms with van der Waals surface area (Å²) in [6.45, 7) is 0.372. The molecular formula is C11H10ClNO2S. The van der Waals surface area contributed by atoms with Crippen molar-refractivity contribution in [3.05, 3.63) is 45.5 Å².